The zero-order valence-electron chi connectivity index (χ0n) is 14.0. The van der Waals surface area contributed by atoms with E-state index in [1.807, 2.05) is 50.4 Å². The van der Waals surface area contributed by atoms with Gasteiger partial charge in [-0.25, -0.2) is 13.1 Å². The van der Waals surface area contributed by atoms with Crippen molar-refractivity contribution in [2.45, 2.75) is 19.1 Å². The van der Waals surface area contributed by atoms with Gasteiger partial charge in [-0.15, -0.1) is 0 Å². The molecule has 1 N–H and O–H groups in total. The van der Waals surface area contributed by atoms with Gasteiger partial charge in [-0.05, 0) is 36.1 Å². The molecule has 0 aliphatic heterocycles. The van der Waals surface area contributed by atoms with E-state index < -0.39 is 10.0 Å². The van der Waals surface area contributed by atoms with Crippen LogP contribution in [0.25, 0.3) is 10.9 Å². The first-order chi connectivity index (χ1) is 11.5. The second kappa shape index (κ2) is 6.79. The molecule has 0 fully saturated rings. The lowest BCUT2D eigenvalue weighted by Crippen LogP contribution is -2.27. The maximum Gasteiger partial charge on any atom is 0.215 e. The maximum absolute atomic E-state index is 12.3. The number of aryl methyl sites for hydroxylation is 2. The molecule has 0 aliphatic rings. The minimum absolute atomic E-state index is 0.0230. The van der Waals surface area contributed by atoms with Crippen molar-refractivity contribution < 1.29 is 8.42 Å². The van der Waals surface area contributed by atoms with Crippen LogP contribution in [0.15, 0.2) is 54.7 Å². The van der Waals surface area contributed by atoms with Crippen molar-refractivity contribution >= 4 is 20.9 Å². The Balaban J connectivity index is 1.66. The fourth-order valence-electron chi connectivity index (χ4n) is 2.99. The van der Waals surface area contributed by atoms with Gasteiger partial charge in [0.2, 0.25) is 10.0 Å². The molecule has 2 aromatic carbocycles. The molecule has 4 nitrogen and oxygen atoms in total. The smallest absolute Gasteiger partial charge is 0.215 e. The highest BCUT2D eigenvalue weighted by molar-refractivity contribution is 7.88. The fourth-order valence-corrected chi connectivity index (χ4v) is 4.24. The highest BCUT2D eigenvalue weighted by atomic mass is 32.2. The summed E-state index contributed by atoms with van der Waals surface area (Å²) in [6.45, 7) is 2.34. The lowest BCUT2D eigenvalue weighted by Gasteiger charge is -2.08. The first-order valence-corrected chi connectivity index (χ1v) is 9.66. The predicted molar refractivity (Wildman–Crippen MR) is 98.4 cm³/mol. The van der Waals surface area contributed by atoms with Crippen molar-refractivity contribution in [3.8, 4) is 0 Å². The Morgan fingerprint density at radius 3 is 2.50 bits per heavy atom. The molecule has 24 heavy (non-hydrogen) atoms. The summed E-state index contributed by atoms with van der Waals surface area (Å²) in [6, 6.07) is 15.7. The van der Waals surface area contributed by atoms with Crippen LogP contribution in [0.5, 0.6) is 0 Å². The van der Waals surface area contributed by atoms with Crippen LogP contribution in [0.1, 0.15) is 16.7 Å². The molecular weight excluding hydrogens is 320 g/mol. The predicted octanol–water partition coefficient (Wildman–Crippen LogP) is 3.15. The number of sulfonamides is 1. The van der Waals surface area contributed by atoms with Crippen molar-refractivity contribution in [3.05, 3.63) is 71.4 Å². The van der Waals surface area contributed by atoms with Crippen LogP contribution in [-0.2, 0) is 29.2 Å². The second-order valence-corrected chi connectivity index (χ2v) is 7.92. The van der Waals surface area contributed by atoms with Gasteiger partial charge in [0.25, 0.3) is 0 Å². The van der Waals surface area contributed by atoms with Crippen LogP contribution >= 0.6 is 0 Å². The lowest BCUT2D eigenvalue weighted by molar-refractivity contribution is 0.580. The molecule has 1 heterocycles. The number of hydrogen-bond acceptors (Lipinski definition) is 2. The third-order valence-electron chi connectivity index (χ3n) is 4.30. The van der Waals surface area contributed by atoms with E-state index in [4.69, 9.17) is 0 Å². The Kier molecular flexibility index (Phi) is 4.73. The molecule has 0 bridgehead atoms. The van der Waals surface area contributed by atoms with Crippen molar-refractivity contribution in [2.75, 3.05) is 6.54 Å². The normalized spacial score (nSPS) is 11.9. The summed E-state index contributed by atoms with van der Waals surface area (Å²) in [5.74, 6) is 0.0230. The molecule has 0 aliphatic carbocycles. The average Bonchev–Trinajstić information content (AvgIpc) is 2.86. The summed E-state index contributed by atoms with van der Waals surface area (Å²) in [5, 5.41) is 1.18. The van der Waals surface area contributed by atoms with E-state index in [0.29, 0.717) is 13.0 Å². The summed E-state index contributed by atoms with van der Waals surface area (Å²) in [5.41, 5.74) is 4.16. The SMILES string of the molecule is Cc1ccccc1CS(=O)(=O)NCCc1cn(C)c2ccccc12. The number of nitrogens with zero attached hydrogens (tertiary/aromatic N) is 1. The topological polar surface area (TPSA) is 51.1 Å². The molecular formula is C19H22N2O2S. The van der Waals surface area contributed by atoms with E-state index in [1.165, 1.54) is 5.39 Å². The van der Waals surface area contributed by atoms with Gasteiger partial charge in [-0.2, -0.15) is 0 Å². The fraction of sp³-hybridized carbons (Fsp3) is 0.263. The van der Waals surface area contributed by atoms with E-state index >= 15 is 0 Å². The lowest BCUT2D eigenvalue weighted by atomic mass is 10.1. The van der Waals surface area contributed by atoms with Crippen molar-refractivity contribution in [1.82, 2.24) is 9.29 Å². The summed E-state index contributed by atoms with van der Waals surface area (Å²) in [4.78, 5) is 0. The number of fused-ring (bicyclic) bond motifs is 1. The summed E-state index contributed by atoms with van der Waals surface area (Å²) in [7, 11) is -1.32. The monoisotopic (exact) mass is 342 g/mol. The third kappa shape index (κ3) is 3.68. The van der Waals surface area contributed by atoms with Crippen LogP contribution in [-0.4, -0.2) is 19.5 Å². The van der Waals surface area contributed by atoms with E-state index in [1.54, 1.807) is 0 Å². The van der Waals surface area contributed by atoms with Gasteiger partial charge < -0.3 is 4.57 Å². The van der Waals surface area contributed by atoms with Gasteiger partial charge in [0.15, 0.2) is 0 Å². The van der Waals surface area contributed by atoms with Gasteiger partial charge in [-0.1, -0.05) is 42.5 Å². The van der Waals surface area contributed by atoms with E-state index in [-0.39, 0.29) is 5.75 Å². The van der Waals surface area contributed by atoms with Crippen LogP contribution in [0, 0.1) is 6.92 Å². The van der Waals surface area contributed by atoms with Gasteiger partial charge >= 0.3 is 0 Å². The van der Waals surface area contributed by atoms with Gasteiger partial charge in [0.05, 0.1) is 5.75 Å². The molecule has 0 atom stereocenters. The molecule has 5 heteroatoms. The first kappa shape index (κ1) is 16.7. The highest BCUT2D eigenvalue weighted by Crippen LogP contribution is 2.20. The molecule has 0 unspecified atom stereocenters. The largest absolute Gasteiger partial charge is 0.350 e. The van der Waals surface area contributed by atoms with E-state index in [0.717, 1.165) is 22.2 Å². The Morgan fingerprint density at radius 2 is 1.71 bits per heavy atom. The Morgan fingerprint density at radius 1 is 1.00 bits per heavy atom. The first-order valence-electron chi connectivity index (χ1n) is 8.01. The van der Waals surface area contributed by atoms with Crippen molar-refractivity contribution in [3.63, 3.8) is 0 Å². The number of benzene rings is 2. The minimum Gasteiger partial charge on any atom is -0.350 e. The maximum atomic E-state index is 12.3. The summed E-state index contributed by atoms with van der Waals surface area (Å²) >= 11 is 0. The molecule has 0 saturated heterocycles. The number of para-hydroxylation sites is 1. The zero-order valence-corrected chi connectivity index (χ0v) is 14.8. The molecule has 126 valence electrons. The van der Waals surface area contributed by atoms with Gasteiger partial charge in [-0.3, -0.25) is 0 Å². The van der Waals surface area contributed by atoms with E-state index in [9.17, 15) is 8.42 Å². The van der Waals surface area contributed by atoms with Crippen molar-refractivity contribution in [1.29, 1.82) is 0 Å². The minimum atomic E-state index is -3.33. The molecule has 0 radical (unpaired) electrons. The molecule has 0 spiro atoms. The zero-order chi connectivity index (χ0) is 17.2. The van der Waals surface area contributed by atoms with Crippen LogP contribution in [0.4, 0.5) is 0 Å². The van der Waals surface area contributed by atoms with Crippen molar-refractivity contribution in [2.24, 2.45) is 7.05 Å². The Hall–Kier alpha value is -2.11. The van der Waals surface area contributed by atoms with Gasteiger partial charge in [0, 0.05) is 30.7 Å². The second-order valence-electron chi connectivity index (χ2n) is 6.11. The van der Waals surface area contributed by atoms with Crippen LogP contribution < -0.4 is 4.72 Å². The number of nitrogens with one attached hydrogen (secondary N) is 1. The summed E-state index contributed by atoms with van der Waals surface area (Å²) < 4.78 is 29.4. The van der Waals surface area contributed by atoms with Crippen LogP contribution in [0.2, 0.25) is 0 Å². The van der Waals surface area contributed by atoms with E-state index in [2.05, 4.69) is 27.6 Å². The van der Waals surface area contributed by atoms with Gasteiger partial charge in [0.1, 0.15) is 0 Å². The summed E-state index contributed by atoms with van der Waals surface area (Å²) in [6.07, 6.45) is 2.74. The molecule has 3 rings (SSSR count). The average molecular weight is 342 g/mol. The number of hydrogen-bond donors (Lipinski definition) is 1. The molecule has 1 aromatic heterocycles. The molecule has 0 saturated carbocycles. The standard InChI is InChI=1S/C19H22N2O2S/c1-15-7-3-4-8-17(15)14-24(22,23)20-12-11-16-13-21(2)19-10-6-5-9-18(16)19/h3-10,13,20H,11-12,14H2,1-2H3. The Bertz CT molecular complexity index is 958. The quantitative estimate of drug-likeness (QED) is 0.748. The van der Waals surface area contributed by atoms with Crippen LogP contribution in [0.3, 0.4) is 0 Å². The molecule has 0 amide bonds. The number of aromatic nitrogens is 1. The Labute approximate surface area is 143 Å². The third-order valence-corrected chi connectivity index (χ3v) is 5.64. The molecule has 3 aromatic rings. The number of rotatable bonds is 6. The highest BCUT2D eigenvalue weighted by Gasteiger charge is 2.13.